The Bertz CT molecular complexity index is 497. The summed E-state index contributed by atoms with van der Waals surface area (Å²) < 4.78 is 5.46. The van der Waals surface area contributed by atoms with Gasteiger partial charge in [0.25, 0.3) is 0 Å². The molecule has 1 aromatic carbocycles. The molecule has 3 heteroatoms. The fraction of sp³-hybridized carbons (Fsp3) is 0.231. The molecular weight excluding hydrogens is 200 g/mol. The average Bonchev–Trinajstić information content (AvgIpc) is 2.39. The van der Waals surface area contributed by atoms with Crippen molar-refractivity contribution < 1.29 is 4.74 Å². The van der Waals surface area contributed by atoms with E-state index in [0.29, 0.717) is 0 Å². The normalized spacial score (nSPS) is 14.5. The summed E-state index contributed by atoms with van der Waals surface area (Å²) in [5, 5.41) is 7.74. The van der Waals surface area contributed by atoms with E-state index in [-0.39, 0.29) is 0 Å². The molecule has 0 unspecified atom stereocenters. The Kier molecular flexibility index (Phi) is 2.38. The van der Waals surface area contributed by atoms with E-state index in [4.69, 9.17) is 4.74 Å². The maximum atomic E-state index is 5.46. The van der Waals surface area contributed by atoms with Crippen molar-refractivity contribution in [2.75, 3.05) is 6.61 Å². The van der Waals surface area contributed by atoms with Gasteiger partial charge in [0.05, 0.1) is 25.6 Å². The van der Waals surface area contributed by atoms with Gasteiger partial charge in [0.2, 0.25) is 0 Å². The topological polar surface area (TPSA) is 35.0 Å². The highest BCUT2D eigenvalue weighted by Crippen LogP contribution is 2.28. The molecule has 0 aliphatic carbocycles. The van der Waals surface area contributed by atoms with Gasteiger partial charge >= 0.3 is 0 Å². The Hall–Kier alpha value is -1.74. The molecule has 1 aromatic heterocycles. The van der Waals surface area contributed by atoms with Gasteiger partial charge in [-0.25, -0.2) is 0 Å². The smallest absolute Gasteiger partial charge is 0.0719 e. The van der Waals surface area contributed by atoms with Crippen LogP contribution in [0.2, 0.25) is 0 Å². The summed E-state index contributed by atoms with van der Waals surface area (Å²) in [6.45, 7) is 1.53. The highest BCUT2D eigenvalue weighted by molar-refractivity contribution is 5.68. The first-order chi connectivity index (χ1) is 7.95. The molecule has 2 aromatic rings. The van der Waals surface area contributed by atoms with E-state index in [1.807, 2.05) is 12.3 Å². The fourth-order valence-corrected chi connectivity index (χ4v) is 2.14. The van der Waals surface area contributed by atoms with E-state index in [1.54, 1.807) is 6.20 Å². The Balaban J connectivity index is 2.14. The van der Waals surface area contributed by atoms with Crippen LogP contribution in [-0.4, -0.2) is 16.8 Å². The van der Waals surface area contributed by atoms with E-state index in [2.05, 4.69) is 28.4 Å². The number of benzene rings is 1. The Morgan fingerprint density at radius 3 is 3.00 bits per heavy atom. The van der Waals surface area contributed by atoms with Crippen molar-refractivity contribution in [1.82, 2.24) is 10.2 Å². The van der Waals surface area contributed by atoms with Crippen molar-refractivity contribution in [3.63, 3.8) is 0 Å². The predicted molar refractivity (Wildman–Crippen MR) is 60.8 cm³/mol. The van der Waals surface area contributed by atoms with Crippen LogP contribution in [0.5, 0.6) is 0 Å². The van der Waals surface area contributed by atoms with Crippen molar-refractivity contribution >= 4 is 0 Å². The molecule has 16 heavy (non-hydrogen) atoms. The second-order valence-electron chi connectivity index (χ2n) is 3.88. The zero-order chi connectivity index (χ0) is 10.8. The van der Waals surface area contributed by atoms with Crippen LogP contribution in [0.4, 0.5) is 0 Å². The van der Waals surface area contributed by atoms with Gasteiger partial charge in [0, 0.05) is 5.56 Å². The van der Waals surface area contributed by atoms with Crippen LogP contribution in [-0.2, 0) is 17.8 Å². The quantitative estimate of drug-likeness (QED) is 0.727. The molecule has 0 atom stereocenters. The average molecular weight is 212 g/mol. The molecule has 3 rings (SSSR count). The Labute approximate surface area is 94.1 Å². The second kappa shape index (κ2) is 4.02. The van der Waals surface area contributed by atoms with Crippen LogP contribution >= 0.6 is 0 Å². The number of hydrogen-bond donors (Lipinski definition) is 0. The first-order valence-electron chi connectivity index (χ1n) is 5.41. The summed E-state index contributed by atoms with van der Waals surface area (Å²) in [6.07, 6.45) is 4.52. The van der Waals surface area contributed by atoms with Crippen LogP contribution in [0.15, 0.2) is 36.7 Å². The van der Waals surface area contributed by atoms with Crippen LogP contribution in [0, 0.1) is 0 Å². The van der Waals surface area contributed by atoms with E-state index in [9.17, 15) is 0 Å². The van der Waals surface area contributed by atoms with Crippen molar-refractivity contribution in [2.24, 2.45) is 0 Å². The summed E-state index contributed by atoms with van der Waals surface area (Å²) in [5.74, 6) is 0. The molecule has 2 heterocycles. The molecule has 0 fully saturated rings. The highest BCUT2D eigenvalue weighted by atomic mass is 16.5. The zero-order valence-electron chi connectivity index (χ0n) is 8.89. The second-order valence-corrected chi connectivity index (χ2v) is 3.88. The summed E-state index contributed by atoms with van der Waals surface area (Å²) in [6, 6.07) is 8.34. The van der Waals surface area contributed by atoms with Gasteiger partial charge in [-0.05, 0) is 29.2 Å². The number of hydrogen-bond acceptors (Lipinski definition) is 3. The van der Waals surface area contributed by atoms with Gasteiger partial charge in [-0.2, -0.15) is 10.2 Å². The first kappa shape index (κ1) is 9.48. The van der Waals surface area contributed by atoms with Gasteiger partial charge in [0.15, 0.2) is 0 Å². The predicted octanol–water partition coefficient (Wildman–Crippen LogP) is 2.22. The van der Waals surface area contributed by atoms with Crippen molar-refractivity contribution in [2.45, 2.75) is 13.0 Å². The van der Waals surface area contributed by atoms with Crippen LogP contribution in [0.3, 0.4) is 0 Å². The summed E-state index contributed by atoms with van der Waals surface area (Å²) >= 11 is 0. The molecular formula is C13H12N2O. The maximum Gasteiger partial charge on any atom is 0.0719 e. The largest absolute Gasteiger partial charge is 0.376 e. The lowest BCUT2D eigenvalue weighted by molar-refractivity contribution is 0.111. The third-order valence-corrected chi connectivity index (χ3v) is 2.92. The molecule has 80 valence electrons. The maximum absolute atomic E-state index is 5.46. The lowest BCUT2D eigenvalue weighted by Crippen LogP contribution is -2.10. The minimum absolute atomic E-state index is 0.724. The molecule has 0 N–H and O–H groups in total. The lowest BCUT2D eigenvalue weighted by atomic mass is 9.94. The fourth-order valence-electron chi connectivity index (χ4n) is 2.14. The minimum atomic E-state index is 0.724. The third kappa shape index (κ3) is 1.59. The number of rotatable bonds is 1. The van der Waals surface area contributed by atoms with E-state index in [0.717, 1.165) is 25.2 Å². The van der Waals surface area contributed by atoms with Gasteiger partial charge in [-0.3, -0.25) is 0 Å². The number of aromatic nitrogens is 2. The van der Waals surface area contributed by atoms with Crippen molar-refractivity contribution in [1.29, 1.82) is 0 Å². The van der Waals surface area contributed by atoms with Crippen LogP contribution in [0.25, 0.3) is 11.1 Å². The van der Waals surface area contributed by atoms with Crippen LogP contribution < -0.4 is 0 Å². The monoisotopic (exact) mass is 212 g/mol. The first-order valence-corrected chi connectivity index (χ1v) is 5.41. The number of fused-ring (bicyclic) bond motifs is 1. The number of ether oxygens (including phenoxy) is 1. The molecule has 0 spiro atoms. The highest BCUT2D eigenvalue weighted by Gasteiger charge is 2.13. The van der Waals surface area contributed by atoms with Gasteiger partial charge in [0.1, 0.15) is 0 Å². The standard InChI is InChI=1S/C13H12N2O/c1-2-11-9-16-7-5-13(11)12(3-1)10-4-6-14-15-8-10/h1-4,6,8H,5,7,9H2. The molecule has 1 aliphatic rings. The lowest BCUT2D eigenvalue weighted by Gasteiger charge is -2.19. The number of nitrogens with zero attached hydrogens (tertiary/aromatic N) is 2. The van der Waals surface area contributed by atoms with Crippen LogP contribution in [0.1, 0.15) is 11.1 Å². The van der Waals surface area contributed by atoms with E-state index >= 15 is 0 Å². The van der Waals surface area contributed by atoms with Gasteiger partial charge in [-0.1, -0.05) is 18.2 Å². The van der Waals surface area contributed by atoms with Gasteiger partial charge < -0.3 is 4.74 Å². The Morgan fingerprint density at radius 2 is 2.12 bits per heavy atom. The zero-order valence-corrected chi connectivity index (χ0v) is 8.89. The third-order valence-electron chi connectivity index (χ3n) is 2.92. The minimum Gasteiger partial charge on any atom is -0.376 e. The molecule has 0 saturated carbocycles. The molecule has 3 nitrogen and oxygen atoms in total. The molecule has 0 amide bonds. The molecule has 0 radical (unpaired) electrons. The van der Waals surface area contributed by atoms with Crippen molar-refractivity contribution in [3.05, 3.63) is 47.8 Å². The Morgan fingerprint density at radius 1 is 1.12 bits per heavy atom. The van der Waals surface area contributed by atoms with E-state index < -0.39 is 0 Å². The summed E-state index contributed by atoms with van der Waals surface area (Å²) in [4.78, 5) is 0. The van der Waals surface area contributed by atoms with E-state index in [1.165, 1.54) is 16.7 Å². The van der Waals surface area contributed by atoms with Gasteiger partial charge in [-0.15, -0.1) is 0 Å². The summed E-state index contributed by atoms with van der Waals surface area (Å²) in [7, 11) is 0. The SMILES string of the molecule is c1cc2c(c(-c3ccnnc3)c1)CCOC2. The molecule has 0 saturated heterocycles. The molecule has 1 aliphatic heterocycles. The molecule has 0 bridgehead atoms. The summed E-state index contributed by atoms with van der Waals surface area (Å²) in [5.41, 5.74) is 5.08. The van der Waals surface area contributed by atoms with Crippen molar-refractivity contribution in [3.8, 4) is 11.1 Å².